The van der Waals surface area contributed by atoms with Gasteiger partial charge >= 0.3 is 12.3 Å². The molecule has 0 saturated heterocycles. The lowest BCUT2D eigenvalue weighted by molar-refractivity contribution is -0.274. The fourth-order valence-electron chi connectivity index (χ4n) is 5.27. The molecule has 0 unspecified atom stereocenters. The standard InChI is InChI=1S/C39H36F3N3O5S/c1-23(37(48)49)45-36(47)29(20-32(46)33-17-18-34(51-33)38(2,3)4)19-24-5-7-28(8-6-24)35-43-21-30(22-44-35)27-11-9-25(10-12-27)26-13-15-31(16-14-26)50-39(40,41)42/h5-18,21-23,29H,19-20H2,1-4H3,(H,45,47)(H,48,49)/t23-,29-/m1/s1. The van der Waals surface area contributed by atoms with Crippen LogP contribution in [0.4, 0.5) is 13.2 Å². The highest BCUT2D eigenvalue weighted by molar-refractivity contribution is 7.14. The van der Waals surface area contributed by atoms with Gasteiger partial charge in [0.15, 0.2) is 11.6 Å². The minimum Gasteiger partial charge on any atom is -0.480 e. The number of aliphatic carboxylic acids is 1. The topological polar surface area (TPSA) is 118 Å². The van der Waals surface area contributed by atoms with Gasteiger partial charge in [-0.25, -0.2) is 9.97 Å². The molecule has 12 heteroatoms. The van der Waals surface area contributed by atoms with Crippen LogP contribution < -0.4 is 10.1 Å². The number of hydrogen-bond acceptors (Lipinski definition) is 7. The molecule has 0 saturated carbocycles. The average molecular weight is 716 g/mol. The molecule has 2 heterocycles. The molecule has 0 radical (unpaired) electrons. The van der Waals surface area contributed by atoms with E-state index in [1.807, 2.05) is 54.6 Å². The monoisotopic (exact) mass is 715 g/mol. The molecule has 0 aliphatic rings. The first kappa shape index (κ1) is 36.9. The molecule has 0 spiro atoms. The van der Waals surface area contributed by atoms with E-state index in [0.717, 1.165) is 38.3 Å². The summed E-state index contributed by atoms with van der Waals surface area (Å²) < 4.78 is 41.3. The number of halogens is 3. The number of hydrogen-bond donors (Lipinski definition) is 2. The number of rotatable bonds is 12. The van der Waals surface area contributed by atoms with Crippen LogP contribution in [0.5, 0.6) is 5.75 Å². The van der Waals surface area contributed by atoms with Crippen molar-refractivity contribution in [1.82, 2.24) is 15.3 Å². The van der Waals surface area contributed by atoms with Gasteiger partial charge in [-0.05, 0) is 65.3 Å². The predicted octanol–water partition coefficient (Wildman–Crippen LogP) is 8.76. The lowest BCUT2D eigenvalue weighted by Crippen LogP contribution is -2.42. The molecule has 8 nitrogen and oxygen atoms in total. The van der Waals surface area contributed by atoms with Crippen molar-refractivity contribution in [2.24, 2.45) is 5.92 Å². The summed E-state index contributed by atoms with van der Waals surface area (Å²) >= 11 is 1.41. The minimum atomic E-state index is -4.75. The Morgan fingerprint density at radius 1 is 0.784 bits per heavy atom. The molecular formula is C39H36F3N3O5S. The number of aromatic nitrogens is 2. The Morgan fingerprint density at radius 3 is 1.82 bits per heavy atom. The van der Waals surface area contributed by atoms with Crippen LogP contribution in [0.25, 0.3) is 33.6 Å². The number of nitrogens with zero attached hydrogens (tertiary/aromatic N) is 2. The van der Waals surface area contributed by atoms with Crippen molar-refractivity contribution >= 4 is 29.0 Å². The van der Waals surface area contributed by atoms with Gasteiger partial charge in [0, 0.05) is 40.7 Å². The van der Waals surface area contributed by atoms with Crippen LogP contribution in [-0.2, 0) is 21.4 Å². The number of alkyl halides is 3. The van der Waals surface area contributed by atoms with E-state index in [4.69, 9.17) is 0 Å². The lowest BCUT2D eigenvalue weighted by atomic mass is 9.92. The number of carbonyl (C=O) groups is 3. The van der Waals surface area contributed by atoms with Crippen molar-refractivity contribution < 1.29 is 37.4 Å². The van der Waals surface area contributed by atoms with Crippen molar-refractivity contribution in [3.05, 3.63) is 113 Å². The molecule has 5 rings (SSSR count). The summed E-state index contributed by atoms with van der Waals surface area (Å²) in [5.41, 5.74) is 4.58. The zero-order valence-corrected chi connectivity index (χ0v) is 29.1. The van der Waals surface area contributed by atoms with E-state index in [9.17, 15) is 32.7 Å². The molecule has 51 heavy (non-hydrogen) atoms. The van der Waals surface area contributed by atoms with Crippen molar-refractivity contribution in [3.63, 3.8) is 0 Å². The Kier molecular flexibility index (Phi) is 11.0. The van der Waals surface area contributed by atoms with Gasteiger partial charge in [-0.2, -0.15) is 0 Å². The fourth-order valence-corrected chi connectivity index (χ4v) is 6.28. The smallest absolute Gasteiger partial charge is 0.480 e. The molecular weight excluding hydrogens is 680 g/mol. The molecule has 2 aromatic heterocycles. The number of benzene rings is 3. The van der Waals surface area contributed by atoms with Crippen molar-refractivity contribution in [1.29, 1.82) is 0 Å². The van der Waals surface area contributed by atoms with Crippen molar-refractivity contribution in [2.75, 3.05) is 0 Å². The van der Waals surface area contributed by atoms with E-state index in [1.54, 1.807) is 30.6 Å². The number of amides is 1. The van der Waals surface area contributed by atoms with E-state index in [1.165, 1.54) is 30.4 Å². The number of carboxylic acids is 1. The molecule has 3 aromatic carbocycles. The zero-order valence-electron chi connectivity index (χ0n) is 28.3. The summed E-state index contributed by atoms with van der Waals surface area (Å²) in [4.78, 5) is 48.5. The van der Waals surface area contributed by atoms with Gasteiger partial charge in [0.2, 0.25) is 5.91 Å². The Bertz CT molecular complexity index is 1990. The molecule has 2 N–H and O–H groups in total. The van der Waals surface area contributed by atoms with E-state index in [-0.39, 0.29) is 29.8 Å². The number of ketones is 1. The summed E-state index contributed by atoms with van der Waals surface area (Å²) in [5, 5.41) is 11.8. The maximum Gasteiger partial charge on any atom is 0.573 e. The molecule has 0 fully saturated rings. The number of Topliss-reactive ketones (excluding diaryl/α,β-unsaturated/α-hetero) is 1. The quantitative estimate of drug-likeness (QED) is 0.124. The van der Waals surface area contributed by atoms with Gasteiger partial charge < -0.3 is 15.2 Å². The maximum atomic E-state index is 13.3. The molecule has 5 aromatic rings. The van der Waals surface area contributed by atoms with Crippen molar-refractivity contribution in [3.8, 4) is 39.4 Å². The average Bonchev–Trinajstić information content (AvgIpc) is 3.60. The second-order valence-electron chi connectivity index (χ2n) is 13.2. The Balaban J connectivity index is 1.26. The third-order valence-electron chi connectivity index (χ3n) is 8.14. The van der Waals surface area contributed by atoms with E-state index < -0.39 is 30.2 Å². The van der Waals surface area contributed by atoms with Crippen LogP contribution in [0.1, 0.15) is 54.2 Å². The van der Waals surface area contributed by atoms with Gasteiger partial charge in [0.05, 0.1) is 4.88 Å². The molecule has 0 aliphatic heterocycles. The van der Waals surface area contributed by atoms with E-state index in [0.29, 0.717) is 10.7 Å². The largest absolute Gasteiger partial charge is 0.573 e. The maximum absolute atomic E-state index is 13.3. The SMILES string of the molecule is C[C@@H](NC(=O)[C@@H](CC(=O)c1ccc(C(C)(C)C)s1)Cc1ccc(-c2ncc(-c3ccc(-c4ccc(OC(F)(F)F)cc4)cc3)cn2)cc1)C(=O)O. The van der Waals surface area contributed by atoms with Gasteiger partial charge in [0.25, 0.3) is 0 Å². The highest BCUT2D eigenvalue weighted by atomic mass is 32.1. The van der Waals surface area contributed by atoms with Gasteiger partial charge in [-0.3, -0.25) is 14.4 Å². The first-order chi connectivity index (χ1) is 24.1. The first-order valence-corrected chi connectivity index (χ1v) is 16.9. The minimum absolute atomic E-state index is 0.0707. The molecule has 264 valence electrons. The lowest BCUT2D eigenvalue weighted by Gasteiger charge is -2.18. The number of carboxylic acid groups (broad SMARTS) is 1. The summed E-state index contributed by atoms with van der Waals surface area (Å²) in [5.74, 6) is -2.43. The normalized spacial score (nSPS) is 12.9. The predicted molar refractivity (Wildman–Crippen MR) is 189 cm³/mol. The summed E-state index contributed by atoms with van der Waals surface area (Å²) in [7, 11) is 0. The number of ether oxygens (including phenoxy) is 1. The van der Waals surface area contributed by atoms with Gasteiger partial charge in [-0.1, -0.05) is 81.4 Å². The van der Waals surface area contributed by atoms with E-state index in [2.05, 4.69) is 40.8 Å². The molecule has 0 aliphatic carbocycles. The van der Waals surface area contributed by atoms with Gasteiger partial charge in [0.1, 0.15) is 11.8 Å². The molecule has 0 bridgehead atoms. The van der Waals surface area contributed by atoms with Crippen LogP contribution in [-0.4, -0.2) is 45.1 Å². The summed E-state index contributed by atoms with van der Waals surface area (Å²) in [6.45, 7) is 7.57. The third kappa shape index (κ3) is 9.88. The van der Waals surface area contributed by atoms with Gasteiger partial charge in [-0.15, -0.1) is 24.5 Å². The summed E-state index contributed by atoms with van der Waals surface area (Å²) in [6, 6.07) is 23.0. The zero-order chi connectivity index (χ0) is 36.9. The van der Waals surface area contributed by atoms with Crippen LogP contribution in [0, 0.1) is 5.92 Å². The highest BCUT2D eigenvalue weighted by Crippen LogP contribution is 2.32. The number of nitrogens with one attached hydrogen (secondary N) is 1. The molecule has 1 amide bonds. The van der Waals surface area contributed by atoms with E-state index >= 15 is 0 Å². The number of carbonyl (C=O) groups excluding carboxylic acids is 2. The molecule has 2 atom stereocenters. The Labute approximate surface area is 297 Å². The highest BCUT2D eigenvalue weighted by Gasteiger charge is 2.31. The second-order valence-corrected chi connectivity index (χ2v) is 14.2. The number of thiophene rings is 1. The second kappa shape index (κ2) is 15.3. The van der Waals surface area contributed by atoms with Crippen LogP contribution in [0.15, 0.2) is 97.3 Å². The fraction of sp³-hybridized carbons (Fsp3) is 0.256. The van der Waals surface area contributed by atoms with Crippen molar-refractivity contribution in [2.45, 2.75) is 58.4 Å². The third-order valence-corrected chi connectivity index (χ3v) is 9.69. The van der Waals surface area contributed by atoms with Crippen LogP contribution >= 0.6 is 11.3 Å². The van der Waals surface area contributed by atoms with Crippen LogP contribution in [0.3, 0.4) is 0 Å². The Hall–Kier alpha value is -5.36. The summed E-state index contributed by atoms with van der Waals surface area (Å²) in [6.07, 6.45) is -1.20. The Morgan fingerprint density at radius 2 is 1.31 bits per heavy atom. The first-order valence-electron chi connectivity index (χ1n) is 16.1. The van der Waals surface area contributed by atoms with Crippen LogP contribution in [0.2, 0.25) is 0 Å².